The van der Waals surface area contributed by atoms with Gasteiger partial charge < -0.3 is 10.2 Å². The third kappa shape index (κ3) is 4.44. The Morgan fingerprint density at radius 3 is 2.20 bits per heavy atom. The fraction of sp³-hybridized carbons (Fsp3) is 1.00. The Morgan fingerprint density at radius 1 is 1.00 bits per heavy atom. The maximum atomic E-state index is 3.88. The van der Waals surface area contributed by atoms with Gasteiger partial charge >= 0.3 is 0 Å². The van der Waals surface area contributed by atoms with Crippen LogP contribution in [-0.4, -0.2) is 60.6 Å². The minimum Gasteiger partial charge on any atom is -0.308 e. The van der Waals surface area contributed by atoms with E-state index in [0.717, 1.165) is 12.1 Å². The molecule has 3 heteroatoms. The zero-order valence-corrected chi connectivity index (χ0v) is 14.3. The zero-order valence-electron chi connectivity index (χ0n) is 14.3. The van der Waals surface area contributed by atoms with Crippen molar-refractivity contribution in [1.82, 2.24) is 15.1 Å². The Balaban J connectivity index is 1.96. The first kappa shape index (κ1) is 16.3. The van der Waals surface area contributed by atoms with Crippen molar-refractivity contribution in [2.45, 2.75) is 83.0 Å². The molecule has 20 heavy (non-hydrogen) atoms. The van der Waals surface area contributed by atoms with Crippen molar-refractivity contribution in [2.75, 3.05) is 27.2 Å². The van der Waals surface area contributed by atoms with Crippen LogP contribution in [0.5, 0.6) is 0 Å². The van der Waals surface area contributed by atoms with Crippen molar-refractivity contribution in [3.8, 4) is 0 Å². The first-order valence-electron chi connectivity index (χ1n) is 8.55. The molecule has 0 bridgehead atoms. The standard InChI is InChI=1S/C17H35N3/c1-17(2,3)18-15-8-6-7-9-16(15)20(5)14-10-12-19(4)13-11-14/h14-16,18H,6-13H2,1-5H3/t15-,16-/m0/s1. The molecule has 2 atom stereocenters. The summed E-state index contributed by atoms with van der Waals surface area (Å²) in [5.41, 5.74) is 0.230. The molecule has 1 aliphatic carbocycles. The largest absolute Gasteiger partial charge is 0.308 e. The van der Waals surface area contributed by atoms with Gasteiger partial charge in [0.15, 0.2) is 0 Å². The van der Waals surface area contributed by atoms with Gasteiger partial charge in [0.1, 0.15) is 0 Å². The SMILES string of the molecule is CN1CCC(N(C)[C@H]2CCCC[C@@H]2NC(C)(C)C)CC1. The summed E-state index contributed by atoms with van der Waals surface area (Å²) >= 11 is 0. The lowest BCUT2D eigenvalue weighted by molar-refractivity contribution is 0.0623. The molecule has 118 valence electrons. The van der Waals surface area contributed by atoms with Gasteiger partial charge in [-0.2, -0.15) is 0 Å². The minimum absolute atomic E-state index is 0.230. The van der Waals surface area contributed by atoms with Crippen molar-refractivity contribution in [3.05, 3.63) is 0 Å². The number of piperidine rings is 1. The van der Waals surface area contributed by atoms with E-state index in [9.17, 15) is 0 Å². The molecule has 2 aliphatic rings. The van der Waals surface area contributed by atoms with Crippen LogP contribution in [0.15, 0.2) is 0 Å². The molecule has 2 fully saturated rings. The van der Waals surface area contributed by atoms with E-state index in [2.05, 4.69) is 50.0 Å². The van der Waals surface area contributed by atoms with Crippen LogP contribution in [0.2, 0.25) is 0 Å². The molecule has 3 nitrogen and oxygen atoms in total. The van der Waals surface area contributed by atoms with E-state index >= 15 is 0 Å². The lowest BCUT2D eigenvalue weighted by atomic mass is 9.86. The predicted molar refractivity (Wildman–Crippen MR) is 87.2 cm³/mol. The topological polar surface area (TPSA) is 18.5 Å². The van der Waals surface area contributed by atoms with E-state index in [4.69, 9.17) is 0 Å². The summed E-state index contributed by atoms with van der Waals surface area (Å²) in [6.07, 6.45) is 8.20. The van der Waals surface area contributed by atoms with Crippen LogP contribution in [0.1, 0.15) is 59.3 Å². The quantitative estimate of drug-likeness (QED) is 0.858. The van der Waals surface area contributed by atoms with Crippen molar-refractivity contribution < 1.29 is 0 Å². The monoisotopic (exact) mass is 281 g/mol. The Morgan fingerprint density at radius 2 is 1.60 bits per heavy atom. The number of hydrogen-bond acceptors (Lipinski definition) is 3. The second kappa shape index (κ2) is 6.76. The molecule has 0 aromatic carbocycles. The molecule has 0 spiro atoms. The van der Waals surface area contributed by atoms with Crippen LogP contribution >= 0.6 is 0 Å². The summed E-state index contributed by atoms with van der Waals surface area (Å²) in [6, 6.07) is 2.20. The van der Waals surface area contributed by atoms with Crippen LogP contribution in [0.4, 0.5) is 0 Å². The van der Waals surface area contributed by atoms with E-state index in [-0.39, 0.29) is 5.54 Å². The van der Waals surface area contributed by atoms with E-state index in [1.54, 1.807) is 0 Å². The van der Waals surface area contributed by atoms with Crippen molar-refractivity contribution >= 4 is 0 Å². The average molecular weight is 281 g/mol. The molecular formula is C17H35N3. The number of likely N-dealkylation sites (N-methyl/N-ethyl adjacent to an activating group) is 1. The molecule has 0 radical (unpaired) electrons. The fourth-order valence-electron chi connectivity index (χ4n) is 4.00. The van der Waals surface area contributed by atoms with Crippen LogP contribution < -0.4 is 5.32 Å². The molecule has 2 rings (SSSR count). The van der Waals surface area contributed by atoms with Gasteiger partial charge in [-0.15, -0.1) is 0 Å². The molecule has 1 saturated carbocycles. The normalized spacial score (nSPS) is 30.9. The average Bonchev–Trinajstić information content (AvgIpc) is 2.37. The first-order valence-corrected chi connectivity index (χ1v) is 8.55. The summed E-state index contributed by atoms with van der Waals surface area (Å²) in [6.45, 7) is 9.43. The van der Waals surface area contributed by atoms with Crippen LogP contribution in [0.3, 0.4) is 0 Å². The summed E-state index contributed by atoms with van der Waals surface area (Å²) in [4.78, 5) is 5.19. The smallest absolute Gasteiger partial charge is 0.0249 e. The van der Waals surface area contributed by atoms with Gasteiger partial charge in [0.05, 0.1) is 0 Å². The van der Waals surface area contributed by atoms with E-state index in [0.29, 0.717) is 6.04 Å². The number of likely N-dealkylation sites (tertiary alicyclic amines) is 1. The van der Waals surface area contributed by atoms with Crippen LogP contribution in [0, 0.1) is 0 Å². The highest BCUT2D eigenvalue weighted by atomic mass is 15.2. The summed E-state index contributed by atoms with van der Waals surface area (Å²) < 4.78 is 0. The number of hydrogen-bond donors (Lipinski definition) is 1. The molecule has 0 amide bonds. The molecule has 1 N–H and O–H groups in total. The van der Waals surface area contributed by atoms with E-state index in [1.807, 2.05) is 0 Å². The lowest BCUT2D eigenvalue weighted by Crippen LogP contribution is -2.58. The zero-order chi connectivity index (χ0) is 14.8. The number of rotatable bonds is 3. The Bertz CT molecular complexity index is 289. The van der Waals surface area contributed by atoms with Crippen molar-refractivity contribution in [1.29, 1.82) is 0 Å². The predicted octanol–water partition coefficient (Wildman–Crippen LogP) is 2.71. The Labute approximate surface area is 126 Å². The maximum absolute atomic E-state index is 3.88. The second-order valence-corrected chi connectivity index (χ2v) is 8.05. The van der Waals surface area contributed by atoms with Crippen LogP contribution in [0.25, 0.3) is 0 Å². The van der Waals surface area contributed by atoms with Crippen LogP contribution in [-0.2, 0) is 0 Å². The van der Waals surface area contributed by atoms with Gasteiger partial charge in [-0.1, -0.05) is 12.8 Å². The molecule has 1 aliphatic heterocycles. The highest BCUT2D eigenvalue weighted by Crippen LogP contribution is 2.27. The molecule has 0 aromatic heterocycles. The molecular weight excluding hydrogens is 246 g/mol. The first-order chi connectivity index (χ1) is 9.37. The van der Waals surface area contributed by atoms with Gasteiger partial charge in [0.2, 0.25) is 0 Å². The summed E-state index contributed by atoms with van der Waals surface area (Å²) in [5.74, 6) is 0. The third-order valence-electron chi connectivity index (χ3n) is 5.14. The van der Waals surface area contributed by atoms with E-state index < -0.39 is 0 Å². The molecule has 1 heterocycles. The van der Waals surface area contributed by atoms with Gasteiger partial charge in [-0.25, -0.2) is 0 Å². The number of nitrogens with one attached hydrogen (secondary N) is 1. The van der Waals surface area contributed by atoms with Gasteiger partial charge in [0.25, 0.3) is 0 Å². The lowest BCUT2D eigenvalue weighted by Gasteiger charge is -2.46. The van der Waals surface area contributed by atoms with Crippen molar-refractivity contribution in [3.63, 3.8) is 0 Å². The second-order valence-electron chi connectivity index (χ2n) is 8.05. The summed E-state index contributed by atoms with van der Waals surface area (Å²) in [5, 5.41) is 3.88. The minimum atomic E-state index is 0.230. The summed E-state index contributed by atoms with van der Waals surface area (Å²) in [7, 11) is 4.63. The van der Waals surface area contributed by atoms with Gasteiger partial charge in [0, 0.05) is 23.7 Å². The molecule has 0 aromatic rings. The fourth-order valence-corrected chi connectivity index (χ4v) is 4.00. The molecule has 1 saturated heterocycles. The number of nitrogens with zero attached hydrogens (tertiary/aromatic N) is 2. The van der Waals surface area contributed by atoms with Gasteiger partial charge in [-0.05, 0) is 73.6 Å². The molecule has 0 unspecified atom stereocenters. The van der Waals surface area contributed by atoms with Gasteiger partial charge in [-0.3, -0.25) is 4.90 Å². The van der Waals surface area contributed by atoms with Crippen molar-refractivity contribution in [2.24, 2.45) is 0 Å². The highest BCUT2D eigenvalue weighted by molar-refractivity contribution is 4.93. The Kier molecular flexibility index (Phi) is 5.49. The maximum Gasteiger partial charge on any atom is 0.0249 e. The highest BCUT2D eigenvalue weighted by Gasteiger charge is 2.34. The van der Waals surface area contributed by atoms with E-state index in [1.165, 1.54) is 51.6 Å². The Hall–Kier alpha value is -0.120. The third-order valence-corrected chi connectivity index (χ3v) is 5.14.